The second-order valence-electron chi connectivity index (χ2n) is 2.91. The molecule has 0 aromatic rings. The molecule has 7 heteroatoms. The fraction of sp³-hybridized carbons (Fsp3) is 1.00. The Bertz CT molecular complexity index is 191. The van der Waals surface area contributed by atoms with Crippen LogP contribution in [0, 0.1) is 0 Å². The standard InChI is InChI=1S/C6H13N.H3NO3S.H3N/c7-6-4-2-1-3-5-6;1-5(2,3)4;/h6H,1-5,7H2;(H3,1,2,3,4);1H3. The smallest absolute Gasteiger partial charge is 0.330 e. The Kier molecular flexibility index (Phi) is 8.48. The third kappa shape index (κ3) is 18.6. The van der Waals surface area contributed by atoms with Crippen molar-refractivity contribution in [2.75, 3.05) is 0 Å². The van der Waals surface area contributed by atoms with E-state index in [-0.39, 0.29) is 6.15 Å². The van der Waals surface area contributed by atoms with Gasteiger partial charge in [-0.1, -0.05) is 19.3 Å². The Morgan fingerprint density at radius 1 is 1.15 bits per heavy atom. The quantitative estimate of drug-likeness (QED) is 0.425. The van der Waals surface area contributed by atoms with Gasteiger partial charge in [0.15, 0.2) is 0 Å². The van der Waals surface area contributed by atoms with Gasteiger partial charge in [0, 0.05) is 6.04 Å². The molecule has 0 bridgehead atoms. The summed E-state index contributed by atoms with van der Waals surface area (Å²) in [5, 5.41) is 3.88. The average Bonchev–Trinajstić information content (AvgIpc) is 1.85. The Labute approximate surface area is 79.1 Å². The zero-order valence-corrected chi connectivity index (χ0v) is 8.46. The van der Waals surface area contributed by atoms with Gasteiger partial charge in [0.2, 0.25) is 0 Å². The molecule has 1 fully saturated rings. The molecule has 0 aliphatic heterocycles. The van der Waals surface area contributed by atoms with Gasteiger partial charge in [-0.2, -0.15) is 8.42 Å². The molecule has 1 aliphatic rings. The van der Waals surface area contributed by atoms with Gasteiger partial charge >= 0.3 is 10.3 Å². The third-order valence-electron chi connectivity index (χ3n) is 1.65. The number of hydrogen-bond donors (Lipinski definition) is 4. The molecule has 0 atom stereocenters. The first kappa shape index (κ1) is 15.3. The molecule has 0 amide bonds. The van der Waals surface area contributed by atoms with Crippen LogP contribution < -0.4 is 17.0 Å². The Balaban J connectivity index is 0. The molecule has 1 rings (SSSR count). The lowest BCUT2D eigenvalue weighted by Gasteiger charge is -2.15. The van der Waals surface area contributed by atoms with E-state index in [0.717, 1.165) is 0 Å². The van der Waals surface area contributed by atoms with Crippen LogP contribution in [-0.4, -0.2) is 19.0 Å². The van der Waals surface area contributed by atoms with Crippen LogP contribution in [0.5, 0.6) is 0 Å². The van der Waals surface area contributed by atoms with Crippen molar-refractivity contribution < 1.29 is 13.0 Å². The van der Waals surface area contributed by atoms with Crippen molar-refractivity contribution in [3.8, 4) is 0 Å². The topological polar surface area (TPSA) is 141 Å². The monoisotopic (exact) mass is 213 g/mol. The van der Waals surface area contributed by atoms with Crippen molar-refractivity contribution in [1.82, 2.24) is 6.15 Å². The lowest BCUT2D eigenvalue weighted by molar-refractivity contribution is 0.441. The van der Waals surface area contributed by atoms with Gasteiger partial charge in [0.25, 0.3) is 0 Å². The van der Waals surface area contributed by atoms with Crippen LogP contribution >= 0.6 is 0 Å². The molecule has 1 saturated carbocycles. The summed E-state index contributed by atoms with van der Waals surface area (Å²) >= 11 is 0. The summed E-state index contributed by atoms with van der Waals surface area (Å²) < 4.78 is 25.2. The maximum absolute atomic E-state index is 8.97. The third-order valence-corrected chi connectivity index (χ3v) is 1.65. The number of rotatable bonds is 0. The Morgan fingerprint density at radius 3 is 1.62 bits per heavy atom. The molecule has 0 radical (unpaired) electrons. The van der Waals surface area contributed by atoms with Crippen molar-refractivity contribution in [2.45, 2.75) is 38.1 Å². The van der Waals surface area contributed by atoms with Crippen molar-refractivity contribution in [3.63, 3.8) is 0 Å². The van der Waals surface area contributed by atoms with Crippen LogP contribution in [0.1, 0.15) is 32.1 Å². The van der Waals surface area contributed by atoms with E-state index in [1.807, 2.05) is 0 Å². The van der Waals surface area contributed by atoms with Gasteiger partial charge in [-0.05, 0) is 12.8 Å². The molecule has 13 heavy (non-hydrogen) atoms. The highest BCUT2D eigenvalue weighted by atomic mass is 32.2. The zero-order valence-electron chi connectivity index (χ0n) is 7.65. The lowest BCUT2D eigenvalue weighted by Crippen LogP contribution is -2.22. The van der Waals surface area contributed by atoms with Crippen LogP contribution in [0.15, 0.2) is 0 Å². The van der Waals surface area contributed by atoms with E-state index in [0.29, 0.717) is 6.04 Å². The molecule has 82 valence electrons. The Hall–Kier alpha value is -0.210. The van der Waals surface area contributed by atoms with Crippen LogP contribution in [0.3, 0.4) is 0 Å². The van der Waals surface area contributed by atoms with Crippen molar-refractivity contribution in [1.29, 1.82) is 0 Å². The summed E-state index contributed by atoms with van der Waals surface area (Å²) in [4.78, 5) is 0. The largest absolute Gasteiger partial charge is 0.344 e. The van der Waals surface area contributed by atoms with Crippen molar-refractivity contribution in [2.24, 2.45) is 10.9 Å². The summed E-state index contributed by atoms with van der Waals surface area (Å²) in [5.74, 6) is 0. The molecule has 6 nitrogen and oxygen atoms in total. The molecule has 8 N–H and O–H groups in total. The molecule has 0 aromatic heterocycles. The number of nitrogens with two attached hydrogens (primary N) is 2. The van der Waals surface area contributed by atoms with Crippen LogP contribution in [0.25, 0.3) is 0 Å². The Morgan fingerprint density at radius 2 is 1.46 bits per heavy atom. The van der Waals surface area contributed by atoms with Gasteiger partial charge < -0.3 is 11.9 Å². The highest BCUT2D eigenvalue weighted by molar-refractivity contribution is 7.83. The van der Waals surface area contributed by atoms with Gasteiger partial charge in [-0.15, -0.1) is 0 Å². The second-order valence-corrected chi connectivity index (χ2v) is 3.94. The van der Waals surface area contributed by atoms with Gasteiger partial charge in [0.05, 0.1) is 0 Å². The maximum Gasteiger partial charge on any atom is 0.330 e. The average molecular weight is 213 g/mol. The fourth-order valence-electron chi connectivity index (χ4n) is 1.13. The predicted molar refractivity (Wildman–Crippen MR) is 51.8 cm³/mol. The first-order valence-corrected chi connectivity index (χ1v) is 5.40. The molecule has 1 aliphatic carbocycles. The van der Waals surface area contributed by atoms with E-state index >= 15 is 0 Å². The van der Waals surface area contributed by atoms with Gasteiger partial charge in [0.1, 0.15) is 0 Å². The summed E-state index contributed by atoms with van der Waals surface area (Å²) in [7, 11) is -4.17. The van der Waals surface area contributed by atoms with E-state index in [9.17, 15) is 0 Å². The summed E-state index contributed by atoms with van der Waals surface area (Å²) in [6.45, 7) is 0. The normalized spacial score (nSPS) is 18.1. The van der Waals surface area contributed by atoms with E-state index in [1.54, 1.807) is 0 Å². The maximum atomic E-state index is 8.97. The van der Waals surface area contributed by atoms with Crippen LogP contribution in [0.4, 0.5) is 0 Å². The summed E-state index contributed by atoms with van der Waals surface area (Å²) in [5.41, 5.74) is 5.63. The van der Waals surface area contributed by atoms with E-state index in [2.05, 4.69) is 5.14 Å². The minimum atomic E-state index is -4.17. The molecule has 0 spiro atoms. The molecule has 0 aromatic carbocycles. The van der Waals surface area contributed by atoms with E-state index in [1.165, 1.54) is 32.1 Å². The number of hydrogen-bond acceptors (Lipinski definition) is 4. The molecule has 0 unspecified atom stereocenters. The highest BCUT2D eigenvalue weighted by Gasteiger charge is 2.06. The van der Waals surface area contributed by atoms with Gasteiger partial charge in [-0.25, -0.2) is 5.14 Å². The minimum Gasteiger partial charge on any atom is -0.344 e. The molecule has 0 saturated heterocycles. The first-order valence-electron chi connectivity index (χ1n) is 3.90. The van der Waals surface area contributed by atoms with Crippen molar-refractivity contribution in [3.05, 3.63) is 0 Å². The fourth-order valence-corrected chi connectivity index (χ4v) is 1.13. The second kappa shape index (κ2) is 7.22. The van der Waals surface area contributed by atoms with Gasteiger partial charge in [-0.3, -0.25) is 4.55 Å². The minimum absolute atomic E-state index is 0. The van der Waals surface area contributed by atoms with E-state index < -0.39 is 10.3 Å². The summed E-state index contributed by atoms with van der Waals surface area (Å²) in [6, 6.07) is 0.536. The molecule has 0 heterocycles. The van der Waals surface area contributed by atoms with Crippen molar-refractivity contribution >= 4 is 10.3 Å². The molecular weight excluding hydrogens is 194 g/mol. The van der Waals surface area contributed by atoms with Crippen LogP contribution in [0.2, 0.25) is 0 Å². The van der Waals surface area contributed by atoms with E-state index in [4.69, 9.17) is 18.7 Å². The highest BCUT2D eigenvalue weighted by Crippen LogP contribution is 2.14. The lowest BCUT2D eigenvalue weighted by atomic mass is 9.97. The van der Waals surface area contributed by atoms with Crippen LogP contribution in [-0.2, 0) is 10.3 Å². The molecular formula is C6H19N3O3S. The predicted octanol–water partition coefficient (Wildman–Crippen LogP) is 0.188. The first-order chi connectivity index (χ1) is 5.39. The zero-order chi connectivity index (χ0) is 9.61. The SMILES string of the molecule is N.NC1CCCCC1.NS(=O)(=O)O. The summed E-state index contributed by atoms with van der Waals surface area (Å²) in [6.07, 6.45) is 6.66.